The summed E-state index contributed by atoms with van der Waals surface area (Å²) >= 11 is 6.14. The lowest BCUT2D eigenvalue weighted by molar-refractivity contribution is -0.274. The maximum Gasteiger partial charge on any atom is 0.573 e. The van der Waals surface area contributed by atoms with Crippen molar-refractivity contribution >= 4 is 29.0 Å². The number of halogens is 6. The summed E-state index contributed by atoms with van der Waals surface area (Å²) in [6.07, 6.45) is -4.85. The van der Waals surface area contributed by atoms with Gasteiger partial charge in [-0.2, -0.15) is 13.9 Å². The van der Waals surface area contributed by atoms with Gasteiger partial charge in [0, 0.05) is 10.7 Å². The first kappa shape index (κ1) is 28.9. The second-order valence-corrected chi connectivity index (χ2v) is 9.63. The topological polar surface area (TPSA) is 63.2 Å². The van der Waals surface area contributed by atoms with E-state index in [1.807, 2.05) is 30.3 Å². The van der Waals surface area contributed by atoms with Gasteiger partial charge in [-0.15, -0.1) is 13.2 Å². The molecule has 216 valence electrons. The molecule has 4 aromatic rings. The summed E-state index contributed by atoms with van der Waals surface area (Å²) in [6, 6.07) is 26.3. The number of amides is 2. The molecule has 2 amide bonds. The van der Waals surface area contributed by atoms with Gasteiger partial charge in [-0.3, -0.25) is 0 Å². The fourth-order valence-corrected chi connectivity index (χ4v) is 4.89. The fourth-order valence-electron chi connectivity index (χ4n) is 4.76. The quantitative estimate of drug-likeness (QED) is 0.218. The lowest BCUT2D eigenvalue weighted by Crippen LogP contribution is -2.42. The third-order valence-corrected chi connectivity index (χ3v) is 6.79. The third kappa shape index (κ3) is 6.31. The molecule has 5 rings (SSSR count). The van der Waals surface area contributed by atoms with Crippen molar-refractivity contribution < 1.29 is 36.2 Å². The summed E-state index contributed by atoms with van der Waals surface area (Å²) < 4.78 is 71.7. The molecule has 42 heavy (non-hydrogen) atoms. The van der Waals surface area contributed by atoms with Gasteiger partial charge in [0.25, 0.3) is 0 Å². The molecule has 1 aliphatic rings. The predicted molar refractivity (Wildman–Crippen MR) is 147 cm³/mol. The van der Waals surface area contributed by atoms with Crippen LogP contribution in [-0.2, 0) is 5.41 Å². The summed E-state index contributed by atoms with van der Waals surface area (Å²) in [7, 11) is 0. The van der Waals surface area contributed by atoms with Crippen LogP contribution in [0.3, 0.4) is 0 Å². The van der Waals surface area contributed by atoms with Crippen LogP contribution in [0, 0.1) is 0 Å². The minimum absolute atomic E-state index is 0.00509. The number of nitrogens with one attached hydrogen (secondary N) is 1. The van der Waals surface area contributed by atoms with Crippen LogP contribution < -0.4 is 14.8 Å². The Morgan fingerprint density at radius 2 is 1.45 bits per heavy atom. The van der Waals surface area contributed by atoms with Crippen LogP contribution in [0.15, 0.2) is 108 Å². The van der Waals surface area contributed by atoms with Gasteiger partial charge in [0.1, 0.15) is 11.5 Å². The van der Waals surface area contributed by atoms with Crippen LogP contribution in [0.25, 0.3) is 0 Å². The van der Waals surface area contributed by atoms with Gasteiger partial charge in [-0.05, 0) is 65.2 Å². The molecule has 0 aromatic heterocycles. The van der Waals surface area contributed by atoms with Crippen molar-refractivity contribution in [2.24, 2.45) is 5.10 Å². The zero-order valence-corrected chi connectivity index (χ0v) is 22.2. The number of carbonyl (C=O) groups is 1. The Morgan fingerprint density at radius 3 is 2.05 bits per heavy atom. The number of carbonyl (C=O) groups excluding carboxylic acids is 1. The van der Waals surface area contributed by atoms with Gasteiger partial charge < -0.3 is 14.8 Å². The van der Waals surface area contributed by atoms with Crippen molar-refractivity contribution in [3.05, 3.63) is 125 Å². The lowest BCUT2D eigenvalue weighted by Gasteiger charge is -2.32. The molecule has 6 nitrogen and oxygen atoms in total. The number of nitrogens with zero attached hydrogens (tertiary/aromatic N) is 2. The molecular weight excluding hydrogens is 581 g/mol. The maximum atomic E-state index is 13.5. The molecule has 0 radical (unpaired) electrons. The van der Waals surface area contributed by atoms with E-state index < -0.39 is 30.2 Å². The first-order valence-electron chi connectivity index (χ1n) is 12.4. The van der Waals surface area contributed by atoms with E-state index in [1.165, 1.54) is 29.3 Å². The molecule has 1 heterocycles. The minimum Gasteiger partial charge on any atom is -0.435 e. The first-order chi connectivity index (χ1) is 20.0. The number of rotatable bonds is 7. The molecule has 0 aliphatic carbocycles. The Hall–Kier alpha value is -4.64. The minimum atomic E-state index is -4.85. The molecule has 0 bridgehead atoms. The maximum absolute atomic E-state index is 13.5. The largest absolute Gasteiger partial charge is 0.573 e. The molecule has 1 atom stereocenters. The van der Waals surface area contributed by atoms with Crippen LogP contribution in [0.1, 0.15) is 16.7 Å². The molecule has 1 unspecified atom stereocenters. The lowest BCUT2D eigenvalue weighted by atomic mass is 9.69. The molecule has 0 fully saturated rings. The summed E-state index contributed by atoms with van der Waals surface area (Å²) in [5.74, 6) is -0.473. The molecule has 0 saturated carbocycles. The number of hydrogen-bond acceptors (Lipinski definition) is 4. The van der Waals surface area contributed by atoms with Crippen molar-refractivity contribution in [3.8, 4) is 11.5 Å². The number of alkyl halides is 5. The summed E-state index contributed by atoms with van der Waals surface area (Å²) in [6.45, 7) is -2.99. The predicted octanol–water partition coefficient (Wildman–Crippen LogP) is 8.08. The monoisotopic (exact) mass is 601 g/mol. The Bertz CT molecular complexity index is 1570. The van der Waals surface area contributed by atoms with Gasteiger partial charge in [0.15, 0.2) is 0 Å². The van der Waals surface area contributed by atoms with Crippen LogP contribution >= 0.6 is 11.6 Å². The van der Waals surface area contributed by atoms with E-state index in [1.54, 1.807) is 36.4 Å². The van der Waals surface area contributed by atoms with Crippen LogP contribution in [-0.4, -0.2) is 36.3 Å². The molecule has 0 saturated heterocycles. The van der Waals surface area contributed by atoms with Crippen molar-refractivity contribution in [1.29, 1.82) is 0 Å². The van der Waals surface area contributed by atoms with E-state index in [0.717, 1.165) is 17.7 Å². The molecule has 4 aromatic carbocycles. The zero-order chi connectivity index (χ0) is 29.9. The van der Waals surface area contributed by atoms with Gasteiger partial charge in [0.2, 0.25) is 0 Å². The molecular formula is C30H21ClF5N3O3. The summed E-state index contributed by atoms with van der Waals surface area (Å²) in [5, 5.41) is 9.04. The highest BCUT2D eigenvalue weighted by atomic mass is 35.5. The normalized spacial score (nSPS) is 16.7. The van der Waals surface area contributed by atoms with E-state index in [0.29, 0.717) is 21.9 Å². The van der Waals surface area contributed by atoms with Crippen molar-refractivity contribution in [1.82, 2.24) is 5.01 Å². The number of hydrogen-bond donors (Lipinski definition) is 1. The molecule has 12 heteroatoms. The average molecular weight is 602 g/mol. The van der Waals surface area contributed by atoms with Crippen LogP contribution in [0.4, 0.5) is 32.4 Å². The van der Waals surface area contributed by atoms with Crippen LogP contribution in [0.2, 0.25) is 5.02 Å². The Kier molecular flexibility index (Phi) is 8.04. The Morgan fingerprint density at radius 1 is 0.857 bits per heavy atom. The second kappa shape index (κ2) is 11.7. The first-order valence-corrected chi connectivity index (χ1v) is 12.8. The van der Waals surface area contributed by atoms with Crippen molar-refractivity contribution in [3.63, 3.8) is 0 Å². The number of benzene rings is 4. The number of anilines is 1. The summed E-state index contributed by atoms with van der Waals surface area (Å²) in [5.41, 5.74) is 1.71. The third-order valence-electron chi connectivity index (χ3n) is 6.54. The SMILES string of the molecule is O=C(Nc1ccc(OC(F)(F)F)cc1)N1CC(c2ccccc2)(c2ccc(OC(F)F)cc2)C(c2ccc(Cl)cc2)=N1. The summed E-state index contributed by atoms with van der Waals surface area (Å²) in [4.78, 5) is 13.5. The van der Waals surface area contributed by atoms with Crippen molar-refractivity contribution in [2.45, 2.75) is 18.4 Å². The van der Waals surface area contributed by atoms with Gasteiger partial charge >= 0.3 is 19.0 Å². The van der Waals surface area contributed by atoms with Gasteiger partial charge in [-0.25, -0.2) is 9.80 Å². The second-order valence-electron chi connectivity index (χ2n) is 9.19. The van der Waals surface area contributed by atoms with E-state index in [4.69, 9.17) is 16.7 Å². The van der Waals surface area contributed by atoms with Gasteiger partial charge in [0.05, 0.1) is 17.7 Å². The average Bonchev–Trinajstić information content (AvgIpc) is 3.36. The van der Waals surface area contributed by atoms with Crippen LogP contribution in [0.5, 0.6) is 11.5 Å². The zero-order valence-electron chi connectivity index (χ0n) is 21.5. The molecule has 1 N–H and O–H groups in total. The van der Waals surface area contributed by atoms with E-state index in [2.05, 4.69) is 14.8 Å². The highest BCUT2D eigenvalue weighted by Crippen LogP contribution is 2.42. The Balaban J connectivity index is 1.54. The Labute approximate surface area is 241 Å². The number of hydrazone groups is 1. The van der Waals surface area contributed by atoms with Crippen molar-refractivity contribution in [2.75, 3.05) is 11.9 Å². The van der Waals surface area contributed by atoms with E-state index in [9.17, 15) is 26.7 Å². The molecule has 0 spiro atoms. The fraction of sp³-hybridized carbons (Fsp3) is 0.133. The standard InChI is InChI=1S/C30H21ClF5N3O3/c31-22-10-6-19(7-11-22)26-29(20-4-2-1-3-5-20,21-8-14-24(15-9-21)41-27(32)33)18-39(38-26)28(40)37-23-12-16-25(17-13-23)42-30(34,35)36/h1-17,27H,18H2,(H,37,40). The van der Waals surface area contributed by atoms with Gasteiger partial charge in [-0.1, -0.05) is 66.2 Å². The van der Waals surface area contributed by atoms with E-state index in [-0.39, 0.29) is 18.0 Å². The van der Waals surface area contributed by atoms with E-state index >= 15 is 0 Å². The highest BCUT2D eigenvalue weighted by Gasteiger charge is 2.48. The smallest absolute Gasteiger partial charge is 0.435 e. The number of ether oxygens (including phenoxy) is 2. The molecule has 1 aliphatic heterocycles. The highest BCUT2D eigenvalue weighted by molar-refractivity contribution is 6.30. The number of urea groups is 1.